The van der Waals surface area contributed by atoms with Crippen molar-refractivity contribution in [1.82, 2.24) is 4.90 Å². The van der Waals surface area contributed by atoms with Crippen molar-refractivity contribution in [2.45, 2.75) is 45.6 Å². The van der Waals surface area contributed by atoms with Gasteiger partial charge >= 0.3 is 0 Å². The van der Waals surface area contributed by atoms with Gasteiger partial charge in [0.05, 0.1) is 0 Å². The normalized spacial score (nSPS) is 18.8. The zero-order valence-corrected chi connectivity index (χ0v) is 11.9. The van der Waals surface area contributed by atoms with Crippen molar-refractivity contribution in [3.05, 3.63) is 29.8 Å². The third-order valence-electron chi connectivity index (χ3n) is 3.90. The van der Waals surface area contributed by atoms with Gasteiger partial charge < -0.3 is 10.2 Å². The van der Waals surface area contributed by atoms with Crippen LogP contribution in [0.25, 0.3) is 0 Å². The van der Waals surface area contributed by atoms with Crippen LogP contribution in [0, 0.1) is 0 Å². The molecule has 2 heteroatoms. The fraction of sp³-hybridized carbons (Fsp3) is 0.625. The van der Waals surface area contributed by atoms with Crippen LogP contribution in [-0.2, 0) is 0 Å². The molecule has 1 unspecified atom stereocenters. The third kappa shape index (κ3) is 3.05. The summed E-state index contributed by atoms with van der Waals surface area (Å²) < 4.78 is 0. The molecule has 1 heterocycles. The number of rotatable bonds is 5. The van der Waals surface area contributed by atoms with E-state index in [4.69, 9.17) is 0 Å². The SMILES string of the molecule is CCCN(CC1CCNc2ccccc21)C(C)C. The lowest BCUT2D eigenvalue weighted by molar-refractivity contribution is 0.205. The molecule has 0 fully saturated rings. The Balaban J connectivity index is 2.10. The van der Waals surface area contributed by atoms with Crippen LogP contribution in [0.4, 0.5) is 5.69 Å². The van der Waals surface area contributed by atoms with Crippen molar-refractivity contribution < 1.29 is 0 Å². The summed E-state index contributed by atoms with van der Waals surface area (Å²) in [6.45, 7) is 10.4. The highest BCUT2D eigenvalue weighted by Crippen LogP contribution is 2.32. The predicted octanol–water partition coefficient (Wildman–Crippen LogP) is 3.71. The molecule has 1 aromatic carbocycles. The first-order valence-corrected chi connectivity index (χ1v) is 7.29. The Bertz CT molecular complexity index is 373. The van der Waals surface area contributed by atoms with E-state index in [1.54, 1.807) is 0 Å². The number of nitrogens with one attached hydrogen (secondary N) is 1. The molecule has 1 N–H and O–H groups in total. The van der Waals surface area contributed by atoms with E-state index in [9.17, 15) is 0 Å². The topological polar surface area (TPSA) is 15.3 Å². The Kier molecular flexibility index (Phi) is 4.65. The Labute approximate surface area is 111 Å². The highest BCUT2D eigenvalue weighted by atomic mass is 15.1. The summed E-state index contributed by atoms with van der Waals surface area (Å²) in [6.07, 6.45) is 2.49. The van der Waals surface area contributed by atoms with Crippen LogP contribution in [0.5, 0.6) is 0 Å². The Hall–Kier alpha value is -1.02. The van der Waals surface area contributed by atoms with Crippen molar-refractivity contribution in [3.63, 3.8) is 0 Å². The predicted molar refractivity (Wildman–Crippen MR) is 79.3 cm³/mol. The molecule has 1 atom stereocenters. The molecular formula is C16H26N2. The summed E-state index contributed by atoms with van der Waals surface area (Å²) >= 11 is 0. The van der Waals surface area contributed by atoms with Crippen molar-refractivity contribution in [2.75, 3.05) is 25.0 Å². The fourth-order valence-corrected chi connectivity index (χ4v) is 2.87. The lowest BCUT2D eigenvalue weighted by Crippen LogP contribution is -2.36. The minimum absolute atomic E-state index is 0.645. The van der Waals surface area contributed by atoms with Gasteiger partial charge in [-0.15, -0.1) is 0 Å². The zero-order chi connectivity index (χ0) is 13.0. The Morgan fingerprint density at radius 1 is 1.33 bits per heavy atom. The number of nitrogens with zero attached hydrogens (tertiary/aromatic N) is 1. The highest BCUT2D eigenvalue weighted by molar-refractivity contribution is 5.54. The van der Waals surface area contributed by atoms with Crippen LogP contribution in [0.1, 0.15) is 45.1 Å². The number of anilines is 1. The quantitative estimate of drug-likeness (QED) is 0.852. The van der Waals surface area contributed by atoms with Gasteiger partial charge in [-0.25, -0.2) is 0 Å². The van der Waals surface area contributed by atoms with E-state index < -0.39 is 0 Å². The van der Waals surface area contributed by atoms with E-state index in [-0.39, 0.29) is 0 Å². The minimum Gasteiger partial charge on any atom is -0.385 e. The standard InChI is InChI=1S/C16H26N2/c1-4-11-18(13(2)3)12-14-9-10-17-16-8-6-5-7-15(14)16/h5-8,13-14,17H,4,9-12H2,1-3H3. The molecule has 2 nitrogen and oxygen atoms in total. The molecule has 2 rings (SSSR count). The van der Waals surface area contributed by atoms with Crippen LogP contribution >= 0.6 is 0 Å². The first-order chi connectivity index (χ1) is 8.72. The van der Waals surface area contributed by atoms with E-state index in [2.05, 4.69) is 55.3 Å². The molecular weight excluding hydrogens is 220 g/mol. The van der Waals surface area contributed by atoms with E-state index in [1.807, 2.05) is 0 Å². The molecule has 0 radical (unpaired) electrons. The smallest absolute Gasteiger partial charge is 0.0376 e. The summed E-state index contributed by atoms with van der Waals surface area (Å²) in [5, 5.41) is 3.51. The average molecular weight is 246 g/mol. The molecule has 18 heavy (non-hydrogen) atoms. The summed E-state index contributed by atoms with van der Waals surface area (Å²) in [6, 6.07) is 9.43. The van der Waals surface area contributed by atoms with Crippen LogP contribution < -0.4 is 5.32 Å². The van der Waals surface area contributed by atoms with Gasteiger partial charge in [0, 0.05) is 30.7 Å². The molecule has 1 aromatic rings. The van der Waals surface area contributed by atoms with E-state index in [1.165, 1.54) is 37.2 Å². The largest absolute Gasteiger partial charge is 0.385 e. The minimum atomic E-state index is 0.645. The van der Waals surface area contributed by atoms with Gasteiger partial charge in [0.15, 0.2) is 0 Å². The zero-order valence-electron chi connectivity index (χ0n) is 11.9. The Morgan fingerprint density at radius 2 is 2.11 bits per heavy atom. The van der Waals surface area contributed by atoms with Gasteiger partial charge in [0.1, 0.15) is 0 Å². The maximum atomic E-state index is 3.51. The second-order valence-electron chi connectivity index (χ2n) is 5.59. The number of fused-ring (bicyclic) bond motifs is 1. The molecule has 1 aliphatic rings. The summed E-state index contributed by atoms with van der Waals surface area (Å²) in [5.74, 6) is 0.691. The molecule has 100 valence electrons. The van der Waals surface area contributed by atoms with Gasteiger partial charge in [-0.3, -0.25) is 0 Å². The summed E-state index contributed by atoms with van der Waals surface area (Å²) in [7, 11) is 0. The van der Waals surface area contributed by atoms with Crippen LogP contribution in [0.2, 0.25) is 0 Å². The average Bonchev–Trinajstić information content (AvgIpc) is 2.38. The number of hydrogen-bond donors (Lipinski definition) is 1. The van der Waals surface area contributed by atoms with E-state index in [0.29, 0.717) is 12.0 Å². The second-order valence-corrected chi connectivity index (χ2v) is 5.59. The lowest BCUT2D eigenvalue weighted by atomic mass is 9.90. The van der Waals surface area contributed by atoms with Gasteiger partial charge in [0.25, 0.3) is 0 Å². The Morgan fingerprint density at radius 3 is 2.83 bits per heavy atom. The third-order valence-corrected chi connectivity index (χ3v) is 3.90. The first kappa shape index (κ1) is 13.4. The number of hydrogen-bond acceptors (Lipinski definition) is 2. The lowest BCUT2D eigenvalue weighted by Gasteiger charge is -2.34. The molecule has 0 bridgehead atoms. The number of para-hydroxylation sites is 1. The van der Waals surface area contributed by atoms with E-state index >= 15 is 0 Å². The number of benzene rings is 1. The van der Waals surface area contributed by atoms with Gasteiger partial charge in [-0.1, -0.05) is 25.1 Å². The van der Waals surface area contributed by atoms with Crippen LogP contribution in [0.3, 0.4) is 0 Å². The van der Waals surface area contributed by atoms with Gasteiger partial charge in [-0.2, -0.15) is 0 Å². The van der Waals surface area contributed by atoms with Crippen molar-refractivity contribution >= 4 is 5.69 Å². The van der Waals surface area contributed by atoms with Crippen molar-refractivity contribution in [1.29, 1.82) is 0 Å². The molecule has 1 aliphatic heterocycles. The van der Waals surface area contributed by atoms with Gasteiger partial charge in [0.2, 0.25) is 0 Å². The maximum Gasteiger partial charge on any atom is 0.0376 e. The summed E-state index contributed by atoms with van der Waals surface area (Å²) in [5.41, 5.74) is 2.85. The first-order valence-electron chi connectivity index (χ1n) is 7.29. The monoisotopic (exact) mass is 246 g/mol. The highest BCUT2D eigenvalue weighted by Gasteiger charge is 2.22. The van der Waals surface area contributed by atoms with Gasteiger partial charge in [-0.05, 0) is 44.9 Å². The van der Waals surface area contributed by atoms with Crippen molar-refractivity contribution in [3.8, 4) is 0 Å². The van der Waals surface area contributed by atoms with E-state index in [0.717, 1.165) is 6.54 Å². The van der Waals surface area contributed by atoms with Crippen LogP contribution in [-0.4, -0.2) is 30.6 Å². The van der Waals surface area contributed by atoms with Crippen molar-refractivity contribution in [2.24, 2.45) is 0 Å². The molecule has 0 saturated carbocycles. The molecule has 0 spiro atoms. The molecule has 0 amide bonds. The maximum absolute atomic E-state index is 3.51. The van der Waals surface area contributed by atoms with Crippen LogP contribution in [0.15, 0.2) is 24.3 Å². The molecule has 0 aromatic heterocycles. The molecule has 0 saturated heterocycles. The summed E-state index contributed by atoms with van der Waals surface area (Å²) in [4.78, 5) is 2.62. The molecule has 0 aliphatic carbocycles. The fourth-order valence-electron chi connectivity index (χ4n) is 2.87. The second kappa shape index (κ2) is 6.24.